The minimum absolute atomic E-state index is 0.573. The van der Waals surface area contributed by atoms with Crippen LogP contribution in [-0.2, 0) is 0 Å². The van der Waals surface area contributed by atoms with Crippen molar-refractivity contribution >= 4 is 21.6 Å². The van der Waals surface area contributed by atoms with Crippen molar-refractivity contribution < 1.29 is 0 Å². The Kier molecular flexibility index (Phi) is 4.21. The van der Waals surface area contributed by atoms with Crippen LogP contribution in [0.1, 0.15) is 25.3 Å². The zero-order chi connectivity index (χ0) is 10.6. The van der Waals surface area contributed by atoms with Gasteiger partial charge in [0.2, 0.25) is 0 Å². The molecule has 76 valence electrons. The first kappa shape index (κ1) is 11.3. The van der Waals surface area contributed by atoms with Crippen LogP contribution in [0.4, 0.5) is 5.69 Å². The van der Waals surface area contributed by atoms with Crippen molar-refractivity contribution in [2.75, 3.05) is 11.9 Å². The maximum absolute atomic E-state index is 3.78. The van der Waals surface area contributed by atoms with Crippen LogP contribution < -0.4 is 5.32 Å². The van der Waals surface area contributed by atoms with Gasteiger partial charge in [-0.05, 0) is 23.6 Å². The number of hydrogen-bond donors (Lipinski definition) is 1. The average molecular weight is 254 g/mol. The van der Waals surface area contributed by atoms with Gasteiger partial charge in [0.15, 0.2) is 0 Å². The molecule has 0 saturated carbocycles. The Hall–Kier alpha value is -0.760. The maximum atomic E-state index is 3.78. The molecule has 0 atom stereocenters. The van der Waals surface area contributed by atoms with Crippen molar-refractivity contribution in [1.82, 2.24) is 0 Å². The van der Waals surface area contributed by atoms with Gasteiger partial charge in [0.1, 0.15) is 0 Å². The maximum Gasteiger partial charge on any atom is 0.0460 e. The van der Waals surface area contributed by atoms with Crippen molar-refractivity contribution in [2.45, 2.75) is 19.8 Å². The van der Waals surface area contributed by atoms with Crippen LogP contribution in [-0.4, -0.2) is 6.54 Å². The molecule has 0 aromatic heterocycles. The molecule has 0 radical (unpaired) electrons. The van der Waals surface area contributed by atoms with Crippen LogP contribution >= 0.6 is 15.9 Å². The highest BCUT2D eigenvalue weighted by Crippen LogP contribution is 2.18. The Morgan fingerprint density at radius 3 is 2.79 bits per heavy atom. The lowest BCUT2D eigenvalue weighted by atomic mass is 10.0. The molecule has 0 bridgehead atoms. The van der Waals surface area contributed by atoms with Crippen LogP contribution in [0.25, 0.3) is 0 Å². The molecule has 0 unspecified atom stereocenters. The molecule has 1 rings (SSSR count). The summed E-state index contributed by atoms with van der Waals surface area (Å²) in [6, 6.07) is 8.48. The summed E-state index contributed by atoms with van der Waals surface area (Å²) in [5.41, 5.74) is 2.51. The fourth-order valence-electron chi connectivity index (χ4n) is 1.21. The Labute approximate surface area is 94.3 Å². The summed E-state index contributed by atoms with van der Waals surface area (Å²) in [4.78, 5) is 0. The third kappa shape index (κ3) is 3.54. The molecule has 1 nitrogen and oxygen atoms in total. The highest BCUT2D eigenvalue weighted by atomic mass is 79.9. The molecular weight excluding hydrogens is 238 g/mol. The highest BCUT2D eigenvalue weighted by Gasteiger charge is 1.99. The predicted octanol–water partition coefficient (Wildman–Crippen LogP) is 4.13. The second-order valence-electron chi connectivity index (χ2n) is 3.65. The minimum atomic E-state index is 0.573. The molecule has 0 amide bonds. The highest BCUT2D eigenvalue weighted by molar-refractivity contribution is 9.11. The number of rotatable bonds is 4. The number of hydrogen-bond acceptors (Lipinski definition) is 1. The van der Waals surface area contributed by atoms with E-state index >= 15 is 0 Å². The minimum Gasteiger partial charge on any atom is -0.380 e. The van der Waals surface area contributed by atoms with Gasteiger partial charge in [-0.2, -0.15) is 0 Å². The van der Waals surface area contributed by atoms with Gasteiger partial charge in [-0.3, -0.25) is 0 Å². The van der Waals surface area contributed by atoms with Crippen LogP contribution in [0, 0.1) is 0 Å². The third-order valence-electron chi connectivity index (χ3n) is 2.04. The monoisotopic (exact) mass is 253 g/mol. The topological polar surface area (TPSA) is 12.0 Å². The standard InChI is InChI=1S/C12H16BrN/c1-9(2)11-5-4-6-12(7-11)14-8-10(3)13/h4-7,9,14H,3,8H2,1-2H3. The van der Waals surface area contributed by atoms with Gasteiger partial charge in [0, 0.05) is 16.7 Å². The molecule has 0 aliphatic rings. The molecule has 1 aromatic carbocycles. The fourth-order valence-corrected chi connectivity index (χ4v) is 1.35. The van der Waals surface area contributed by atoms with Crippen molar-refractivity contribution in [3.63, 3.8) is 0 Å². The molecule has 0 heterocycles. The van der Waals surface area contributed by atoms with E-state index in [1.807, 2.05) is 0 Å². The van der Waals surface area contributed by atoms with Gasteiger partial charge in [-0.25, -0.2) is 0 Å². The molecule has 14 heavy (non-hydrogen) atoms. The molecule has 0 fully saturated rings. The average Bonchev–Trinajstić information content (AvgIpc) is 2.15. The summed E-state index contributed by atoms with van der Waals surface area (Å²) < 4.78 is 0.965. The van der Waals surface area contributed by atoms with E-state index in [1.54, 1.807) is 0 Å². The fraction of sp³-hybridized carbons (Fsp3) is 0.333. The van der Waals surface area contributed by atoms with E-state index in [2.05, 4.69) is 65.9 Å². The lowest BCUT2D eigenvalue weighted by Gasteiger charge is -2.09. The number of nitrogens with one attached hydrogen (secondary N) is 1. The second kappa shape index (κ2) is 5.20. The Balaban J connectivity index is 2.68. The number of anilines is 1. The summed E-state index contributed by atoms with van der Waals surface area (Å²) >= 11 is 3.32. The van der Waals surface area contributed by atoms with Crippen molar-refractivity contribution in [3.8, 4) is 0 Å². The van der Waals surface area contributed by atoms with Crippen LogP contribution in [0.3, 0.4) is 0 Å². The van der Waals surface area contributed by atoms with Gasteiger partial charge < -0.3 is 5.32 Å². The normalized spacial score (nSPS) is 10.3. The lowest BCUT2D eigenvalue weighted by molar-refractivity contribution is 0.867. The van der Waals surface area contributed by atoms with Gasteiger partial charge in [0.25, 0.3) is 0 Å². The largest absolute Gasteiger partial charge is 0.380 e. The van der Waals surface area contributed by atoms with Gasteiger partial charge in [-0.15, -0.1) is 0 Å². The molecule has 0 spiro atoms. The number of benzene rings is 1. The predicted molar refractivity (Wildman–Crippen MR) is 67.1 cm³/mol. The first-order chi connectivity index (χ1) is 6.59. The SMILES string of the molecule is C=C(Br)CNc1cccc(C(C)C)c1. The zero-order valence-electron chi connectivity index (χ0n) is 8.68. The summed E-state index contributed by atoms with van der Waals surface area (Å²) in [6.07, 6.45) is 0. The first-order valence-corrected chi connectivity index (χ1v) is 5.56. The van der Waals surface area contributed by atoms with Crippen molar-refractivity contribution in [3.05, 3.63) is 40.9 Å². The van der Waals surface area contributed by atoms with E-state index in [9.17, 15) is 0 Å². The summed E-state index contributed by atoms with van der Waals surface area (Å²) in [5, 5.41) is 3.29. The first-order valence-electron chi connectivity index (χ1n) is 4.76. The van der Waals surface area contributed by atoms with Crippen molar-refractivity contribution in [1.29, 1.82) is 0 Å². The molecule has 1 aromatic rings. The molecule has 0 saturated heterocycles. The molecule has 0 aliphatic carbocycles. The number of halogens is 1. The van der Waals surface area contributed by atoms with Gasteiger partial charge in [0.05, 0.1) is 0 Å². The molecule has 1 N–H and O–H groups in total. The molecule has 0 aliphatic heterocycles. The summed E-state index contributed by atoms with van der Waals surface area (Å²) in [6.45, 7) is 8.94. The van der Waals surface area contributed by atoms with E-state index in [0.29, 0.717) is 5.92 Å². The van der Waals surface area contributed by atoms with E-state index in [4.69, 9.17) is 0 Å². The Morgan fingerprint density at radius 2 is 2.21 bits per heavy atom. The van der Waals surface area contributed by atoms with Gasteiger partial charge >= 0.3 is 0 Å². The summed E-state index contributed by atoms with van der Waals surface area (Å²) in [7, 11) is 0. The van der Waals surface area contributed by atoms with Gasteiger partial charge in [-0.1, -0.05) is 48.5 Å². The van der Waals surface area contributed by atoms with Crippen LogP contribution in [0.2, 0.25) is 0 Å². The molecular formula is C12H16BrN. The zero-order valence-corrected chi connectivity index (χ0v) is 10.3. The van der Waals surface area contributed by atoms with E-state index < -0.39 is 0 Å². The third-order valence-corrected chi connectivity index (χ3v) is 2.32. The van der Waals surface area contributed by atoms with Crippen LogP contribution in [0.5, 0.6) is 0 Å². The van der Waals surface area contributed by atoms with E-state index in [-0.39, 0.29) is 0 Å². The van der Waals surface area contributed by atoms with Crippen LogP contribution in [0.15, 0.2) is 35.3 Å². The second-order valence-corrected chi connectivity index (χ2v) is 4.77. The van der Waals surface area contributed by atoms with E-state index in [1.165, 1.54) is 5.56 Å². The Morgan fingerprint density at radius 1 is 1.50 bits per heavy atom. The Bertz CT molecular complexity index is 318. The molecule has 2 heteroatoms. The smallest absolute Gasteiger partial charge is 0.0460 e. The van der Waals surface area contributed by atoms with Crippen molar-refractivity contribution in [2.24, 2.45) is 0 Å². The quantitative estimate of drug-likeness (QED) is 0.851. The van der Waals surface area contributed by atoms with E-state index in [0.717, 1.165) is 16.7 Å². The summed E-state index contributed by atoms with van der Waals surface area (Å²) in [5.74, 6) is 0.573. The lowest BCUT2D eigenvalue weighted by Crippen LogP contribution is -2.01.